The Labute approximate surface area is 98.6 Å². The second kappa shape index (κ2) is 4.03. The zero-order valence-corrected chi connectivity index (χ0v) is 9.93. The molecule has 80 valence electrons. The molecule has 0 bridgehead atoms. The lowest BCUT2D eigenvalue weighted by atomic mass is 10.0. The molecule has 0 saturated carbocycles. The fourth-order valence-electron chi connectivity index (χ4n) is 1.80. The van der Waals surface area contributed by atoms with Crippen LogP contribution in [0.5, 0.6) is 0 Å². The molecule has 2 aliphatic rings. The third kappa shape index (κ3) is 1.50. The van der Waals surface area contributed by atoms with Gasteiger partial charge in [-0.1, -0.05) is 0 Å². The van der Waals surface area contributed by atoms with Crippen LogP contribution in [0, 0.1) is 22.7 Å². The average molecular weight is 230 g/mol. The van der Waals surface area contributed by atoms with E-state index in [2.05, 4.69) is 4.99 Å². The summed E-state index contributed by atoms with van der Waals surface area (Å²) >= 11 is 1.69. The third-order valence-electron chi connectivity index (χ3n) is 2.68. The van der Waals surface area contributed by atoms with Crippen molar-refractivity contribution >= 4 is 17.6 Å². The van der Waals surface area contributed by atoms with E-state index in [0.717, 1.165) is 34.3 Å². The summed E-state index contributed by atoms with van der Waals surface area (Å²) in [4.78, 5) is 6.28. The van der Waals surface area contributed by atoms with Gasteiger partial charge in [-0.3, -0.25) is 0 Å². The predicted molar refractivity (Wildman–Crippen MR) is 63.2 cm³/mol. The highest BCUT2D eigenvalue weighted by Gasteiger charge is 2.29. The molecule has 2 rings (SSSR count). The van der Waals surface area contributed by atoms with Crippen molar-refractivity contribution in [1.82, 2.24) is 4.90 Å². The molecule has 0 aliphatic carbocycles. The molecule has 5 heteroatoms. The fourth-order valence-corrected chi connectivity index (χ4v) is 2.87. The maximum atomic E-state index is 8.98. The summed E-state index contributed by atoms with van der Waals surface area (Å²) < 4.78 is 0. The Kier molecular flexibility index (Phi) is 2.72. The second-order valence-corrected chi connectivity index (χ2v) is 4.63. The van der Waals surface area contributed by atoms with Crippen molar-refractivity contribution in [2.75, 3.05) is 12.8 Å². The molecule has 2 heterocycles. The highest BCUT2D eigenvalue weighted by Crippen LogP contribution is 2.41. The van der Waals surface area contributed by atoms with E-state index in [-0.39, 0.29) is 5.57 Å². The molecule has 0 radical (unpaired) electrons. The van der Waals surface area contributed by atoms with Gasteiger partial charge >= 0.3 is 0 Å². The highest BCUT2D eigenvalue weighted by molar-refractivity contribution is 8.03. The molecule has 0 aromatic carbocycles. The van der Waals surface area contributed by atoms with Crippen LogP contribution in [0.15, 0.2) is 26.9 Å². The molecular formula is C11H10N4S. The van der Waals surface area contributed by atoms with Crippen molar-refractivity contribution in [2.24, 2.45) is 4.99 Å². The first-order chi connectivity index (χ1) is 7.69. The number of aliphatic imine (C=N–C) groups is 1. The highest BCUT2D eigenvalue weighted by atomic mass is 32.2. The van der Waals surface area contributed by atoms with Gasteiger partial charge in [0.05, 0.1) is 5.70 Å². The van der Waals surface area contributed by atoms with Crippen molar-refractivity contribution in [3.63, 3.8) is 0 Å². The zero-order chi connectivity index (χ0) is 11.7. The minimum Gasteiger partial charge on any atom is -0.331 e. The first-order valence-electron chi connectivity index (χ1n) is 4.89. The Balaban J connectivity index is 2.63. The van der Waals surface area contributed by atoms with E-state index < -0.39 is 0 Å². The number of rotatable bonds is 0. The minimum atomic E-state index is 0.173. The summed E-state index contributed by atoms with van der Waals surface area (Å²) in [5.74, 6) is 1.80. The van der Waals surface area contributed by atoms with Crippen molar-refractivity contribution in [3.05, 3.63) is 21.9 Å². The Morgan fingerprint density at radius 1 is 1.44 bits per heavy atom. The van der Waals surface area contributed by atoms with Gasteiger partial charge in [-0.05, 0) is 13.3 Å². The molecule has 0 atom stereocenters. The molecule has 0 fully saturated rings. The zero-order valence-electron chi connectivity index (χ0n) is 9.11. The van der Waals surface area contributed by atoms with Gasteiger partial charge in [0, 0.05) is 18.4 Å². The number of allylic oxidation sites excluding steroid dienone is 2. The molecule has 0 spiro atoms. The van der Waals surface area contributed by atoms with Crippen LogP contribution >= 0.6 is 11.8 Å². The topological polar surface area (TPSA) is 63.2 Å². The van der Waals surface area contributed by atoms with Crippen molar-refractivity contribution in [3.8, 4) is 12.1 Å². The quantitative estimate of drug-likeness (QED) is 0.597. The van der Waals surface area contributed by atoms with Crippen LogP contribution in [0.4, 0.5) is 0 Å². The van der Waals surface area contributed by atoms with E-state index in [0.29, 0.717) is 0 Å². The van der Waals surface area contributed by atoms with Gasteiger partial charge in [-0.2, -0.15) is 10.5 Å². The van der Waals surface area contributed by atoms with E-state index in [1.54, 1.807) is 11.8 Å². The van der Waals surface area contributed by atoms with Gasteiger partial charge in [0.15, 0.2) is 5.57 Å². The average Bonchev–Trinajstić information content (AvgIpc) is 2.72. The second-order valence-electron chi connectivity index (χ2n) is 3.55. The SMILES string of the molecule is CC1=NC2=C(CCS2)C(=C(C#N)C#N)N1C. The van der Waals surface area contributed by atoms with E-state index in [1.807, 2.05) is 31.0 Å². The van der Waals surface area contributed by atoms with Crippen LogP contribution in [-0.4, -0.2) is 23.5 Å². The maximum Gasteiger partial charge on any atom is 0.153 e. The van der Waals surface area contributed by atoms with E-state index in [9.17, 15) is 0 Å². The van der Waals surface area contributed by atoms with Crippen LogP contribution in [0.25, 0.3) is 0 Å². The molecule has 0 aromatic heterocycles. The van der Waals surface area contributed by atoms with E-state index in [1.165, 1.54) is 0 Å². The monoisotopic (exact) mass is 230 g/mol. The number of nitrogens with zero attached hydrogens (tertiary/aromatic N) is 4. The number of likely N-dealkylation sites (N-methyl/N-ethyl adjacent to an activating group) is 1. The Bertz CT molecular complexity index is 497. The Morgan fingerprint density at radius 2 is 2.12 bits per heavy atom. The molecule has 2 aliphatic heterocycles. The molecule has 0 unspecified atom stereocenters. The number of nitriles is 2. The first-order valence-corrected chi connectivity index (χ1v) is 5.87. The lowest BCUT2D eigenvalue weighted by Gasteiger charge is -2.27. The first kappa shape index (κ1) is 10.8. The van der Waals surface area contributed by atoms with E-state index in [4.69, 9.17) is 10.5 Å². The Morgan fingerprint density at radius 3 is 2.75 bits per heavy atom. The van der Waals surface area contributed by atoms with Crippen LogP contribution in [0.1, 0.15) is 13.3 Å². The summed E-state index contributed by atoms with van der Waals surface area (Å²) in [7, 11) is 1.84. The predicted octanol–water partition coefficient (Wildman–Crippen LogP) is 2.00. The molecule has 16 heavy (non-hydrogen) atoms. The standard InChI is InChI=1S/C11H10N4S/c1-7-14-11-9(3-4-16-11)10(15(7)2)8(5-12)6-13/h3-4H2,1-2H3. The molecule has 0 N–H and O–H groups in total. The third-order valence-corrected chi connectivity index (χ3v) is 3.70. The smallest absolute Gasteiger partial charge is 0.153 e. The lowest BCUT2D eigenvalue weighted by molar-refractivity contribution is 0.613. The fraction of sp³-hybridized carbons (Fsp3) is 0.364. The number of thioether (sulfide) groups is 1. The van der Waals surface area contributed by atoms with Crippen molar-refractivity contribution in [1.29, 1.82) is 10.5 Å². The van der Waals surface area contributed by atoms with Crippen LogP contribution < -0.4 is 0 Å². The maximum absolute atomic E-state index is 8.98. The van der Waals surface area contributed by atoms with Crippen molar-refractivity contribution in [2.45, 2.75) is 13.3 Å². The van der Waals surface area contributed by atoms with Gasteiger partial charge in [0.2, 0.25) is 0 Å². The summed E-state index contributed by atoms with van der Waals surface area (Å²) in [5, 5.41) is 18.9. The summed E-state index contributed by atoms with van der Waals surface area (Å²) in [5.41, 5.74) is 1.94. The minimum absolute atomic E-state index is 0.173. The van der Waals surface area contributed by atoms with Gasteiger partial charge in [0.1, 0.15) is 23.0 Å². The normalized spacial score (nSPS) is 18.9. The van der Waals surface area contributed by atoms with Crippen LogP contribution in [0.2, 0.25) is 0 Å². The summed E-state index contributed by atoms with van der Waals surface area (Å²) in [6, 6.07) is 3.93. The molecule has 0 amide bonds. The Hall–Kier alpha value is -1.72. The molecular weight excluding hydrogens is 220 g/mol. The van der Waals surface area contributed by atoms with Gasteiger partial charge < -0.3 is 4.90 Å². The molecule has 0 aromatic rings. The lowest BCUT2D eigenvalue weighted by Crippen LogP contribution is -2.28. The van der Waals surface area contributed by atoms with Crippen molar-refractivity contribution < 1.29 is 0 Å². The number of hydrogen-bond donors (Lipinski definition) is 0. The van der Waals surface area contributed by atoms with Crippen LogP contribution in [-0.2, 0) is 0 Å². The number of amidine groups is 1. The molecule has 4 nitrogen and oxygen atoms in total. The summed E-state index contributed by atoms with van der Waals surface area (Å²) in [6.07, 6.45) is 0.878. The number of hydrogen-bond acceptors (Lipinski definition) is 5. The van der Waals surface area contributed by atoms with Crippen LogP contribution in [0.3, 0.4) is 0 Å². The van der Waals surface area contributed by atoms with E-state index >= 15 is 0 Å². The van der Waals surface area contributed by atoms with Gasteiger partial charge in [-0.25, -0.2) is 4.99 Å². The summed E-state index contributed by atoms with van der Waals surface area (Å²) in [6.45, 7) is 1.88. The molecule has 0 saturated heterocycles. The van der Waals surface area contributed by atoms with Gasteiger partial charge in [-0.15, -0.1) is 11.8 Å². The van der Waals surface area contributed by atoms with Gasteiger partial charge in [0.25, 0.3) is 0 Å². The largest absolute Gasteiger partial charge is 0.331 e.